The molecule has 100 heavy (non-hydrogen) atoms. The van der Waals surface area contributed by atoms with E-state index in [0.717, 1.165) is 127 Å². The molecule has 6 aliphatic rings. The first-order chi connectivity index (χ1) is 47.9. The topological polar surface area (TPSA) is 216 Å². The lowest BCUT2D eigenvalue weighted by Crippen LogP contribution is -2.48. The SMILES string of the molecule is COc1ccc(-c2ccc3cc(C(=O)OC(COc4cccc5oc(C(=O)Oc6c(C(C)(C)C)cc(C)c(CC7=NCCN7)c6C)cc(=O)c45)COc4cccc5oc(C(=O)Oc6c(C(C)(C)C)cc(C)c(CC7=NCCN7)c6C)cc(=O)c45)ccc3c2)cc1C12CC3CC(CC(C3)C1)C2. The first-order valence-corrected chi connectivity index (χ1v) is 35.0. The van der Waals surface area contributed by atoms with Crippen LogP contribution in [0.3, 0.4) is 0 Å². The van der Waals surface area contributed by atoms with E-state index in [0.29, 0.717) is 37.4 Å². The second-order valence-corrected chi connectivity index (χ2v) is 30.2. The number of ether oxygens (including phenoxy) is 6. The molecule has 17 heteroatoms. The smallest absolute Gasteiger partial charge is 0.379 e. The molecule has 0 unspecified atom stereocenters. The lowest BCUT2D eigenvalue weighted by molar-refractivity contribution is -0.00614. The molecule has 2 aromatic heterocycles. The minimum absolute atomic E-state index is 0.0245. The molecule has 9 aromatic rings. The van der Waals surface area contributed by atoms with Crippen molar-refractivity contribution in [3.63, 3.8) is 0 Å². The number of hydrogen-bond donors (Lipinski definition) is 2. The highest BCUT2D eigenvalue weighted by Gasteiger charge is 2.52. The van der Waals surface area contributed by atoms with Crippen LogP contribution in [0.2, 0.25) is 0 Å². The van der Waals surface area contributed by atoms with Gasteiger partial charge in [0.15, 0.2) is 17.0 Å². The van der Waals surface area contributed by atoms with Crippen molar-refractivity contribution in [2.75, 3.05) is 46.5 Å². The lowest BCUT2D eigenvalue weighted by Gasteiger charge is -2.57. The molecule has 2 N–H and O–H groups in total. The number of amidine groups is 2. The van der Waals surface area contributed by atoms with Crippen LogP contribution in [0.4, 0.5) is 0 Å². The average Bonchev–Trinajstić information content (AvgIpc) is 0.838. The zero-order valence-corrected chi connectivity index (χ0v) is 58.9. The monoisotopic (exact) mass is 1350 g/mol. The Labute approximate surface area is 581 Å². The van der Waals surface area contributed by atoms with Crippen LogP contribution in [-0.2, 0) is 33.8 Å². The van der Waals surface area contributed by atoms with Gasteiger partial charge in [-0.05, 0) is 210 Å². The Morgan fingerprint density at radius 1 is 0.560 bits per heavy atom. The summed E-state index contributed by atoms with van der Waals surface area (Å²) in [6.45, 7) is 22.4. The quantitative estimate of drug-likeness (QED) is 0.0569. The third-order valence-electron chi connectivity index (χ3n) is 21.1. The van der Waals surface area contributed by atoms with Crippen molar-refractivity contribution in [3.8, 4) is 39.9 Å². The van der Waals surface area contributed by atoms with Crippen molar-refractivity contribution in [1.82, 2.24) is 10.6 Å². The summed E-state index contributed by atoms with van der Waals surface area (Å²) >= 11 is 0. The van der Waals surface area contributed by atoms with E-state index in [-0.39, 0.29) is 69.2 Å². The minimum atomic E-state index is -1.19. The van der Waals surface area contributed by atoms with E-state index in [1.54, 1.807) is 55.6 Å². The molecule has 4 fully saturated rings. The van der Waals surface area contributed by atoms with Crippen molar-refractivity contribution in [2.45, 2.75) is 143 Å². The van der Waals surface area contributed by atoms with Gasteiger partial charge in [0.1, 0.15) is 75.6 Å². The molecule has 2 aliphatic heterocycles. The molecule has 0 spiro atoms. The predicted octanol–water partition coefficient (Wildman–Crippen LogP) is 15.2. The molecule has 15 rings (SSSR count). The van der Waals surface area contributed by atoms with E-state index < -0.39 is 45.7 Å². The molecule has 17 nitrogen and oxygen atoms in total. The summed E-state index contributed by atoms with van der Waals surface area (Å²) in [4.78, 5) is 81.0. The Hall–Kier alpha value is -10.0. The van der Waals surface area contributed by atoms with Gasteiger partial charge in [0.05, 0.1) is 25.8 Å². The van der Waals surface area contributed by atoms with Gasteiger partial charge < -0.3 is 47.9 Å². The second-order valence-electron chi connectivity index (χ2n) is 30.2. The normalized spacial score (nSPS) is 18.6. The van der Waals surface area contributed by atoms with Gasteiger partial charge in [-0.3, -0.25) is 19.6 Å². The van der Waals surface area contributed by atoms with Gasteiger partial charge >= 0.3 is 17.9 Å². The third kappa shape index (κ3) is 13.3. The van der Waals surface area contributed by atoms with Crippen LogP contribution in [0.5, 0.6) is 28.7 Å². The number of fused-ring (bicyclic) bond motifs is 3. The summed E-state index contributed by atoms with van der Waals surface area (Å²) in [7, 11) is 1.78. The number of nitrogens with zero attached hydrogens (tertiary/aromatic N) is 2. The van der Waals surface area contributed by atoms with Gasteiger partial charge in [-0.25, -0.2) is 14.4 Å². The van der Waals surface area contributed by atoms with Gasteiger partial charge in [0.25, 0.3) is 0 Å². The molecule has 4 heterocycles. The second kappa shape index (κ2) is 26.6. The van der Waals surface area contributed by atoms with Crippen LogP contribution >= 0.6 is 0 Å². The summed E-state index contributed by atoms with van der Waals surface area (Å²) in [5, 5.41) is 8.47. The number of methoxy groups -OCH3 is 1. The summed E-state index contributed by atoms with van der Waals surface area (Å²) in [6, 6.07) is 34.0. The molecule has 7 aromatic carbocycles. The Bertz CT molecular complexity index is 4750. The fourth-order valence-electron chi connectivity index (χ4n) is 16.5. The van der Waals surface area contributed by atoms with E-state index >= 15 is 0 Å². The van der Waals surface area contributed by atoms with E-state index in [1.807, 2.05) is 93.5 Å². The van der Waals surface area contributed by atoms with Crippen molar-refractivity contribution < 1.29 is 51.6 Å². The molecular formula is C83H86N4O13. The summed E-state index contributed by atoms with van der Waals surface area (Å²) in [6.07, 6.45) is 7.59. The first kappa shape index (κ1) is 67.2. The van der Waals surface area contributed by atoms with Crippen LogP contribution in [0.25, 0.3) is 43.8 Å². The molecule has 516 valence electrons. The number of carbonyl (C=O) groups excluding carboxylic acids is 3. The highest BCUT2D eigenvalue weighted by Crippen LogP contribution is 2.62. The highest BCUT2D eigenvalue weighted by molar-refractivity contribution is 5.98. The lowest BCUT2D eigenvalue weighted by atomic mass is 9.48. The first-order valence-electron chi connectivity index (χ1n) is 35.0. The van der Waals surface area contributed by atoms with Crippen LogP contribution in [0.1, 0.15) is 162 Å². The van der Waals surface area contributed by atoms with E-state index in [1.165, 1.54) is 44.1 Å². The number of carbonyl (C=O) groups is 3. The fraction of sp³-hybridized carbons (Fsp3) is 0.386. The maximum atomic E-state index is 14.6. The zero-order valence-electron chi connectivity index (χ0n) is 58.9. The van der Waals surface area contributed by atoms with Gasteiger partial charge in [0, 0.05) is 54.8 Å². The largest absolute Gasteiger partial charge is 0.496 e. The Morgan fingerprint density at radius 3 is 1.50 bits per heavy atom. The number of rotatable bonds is 19. The van der Waals surface area contributed by atoms with Crippen molar-refractivity contribution in [1.29, 1.82) is 0 Å². The summed E-state index contributed by atoms with van der Waals surface area (Å²) in [5.74, 6) is 2.91. The summed E-state index contributed by atoms with van der Waals surface area (Å²) in [5.41, 5.74) is 9.19. The van der Waals surface area contributed by atoms with Crippen molar-refractivity contribution >= 4 is 62.3 Å². The van der Waals surface area contributed by atoms with E-state index in [2.05, 4.69) is 51.0 Å². The van der Waals surface area contributed by atoms with Crippen LogP contribution in [0, 0.1) is 45.4 Å². The Morgan fingerprint density at radius 2 is 1.03 bits per heavy atom. The zero-order chi connectivity index (χ0) is 70.1. The molecule has 0 saturated heterocycles. The maximum Gasteiger partial charge on any atom is 0.379 e. The molecule has 0 amide bonds. The maximum absolute atomic E-state index is 14.6. The van der Waals surface area contributed by atoms with Crippen LogP contribution < -0.4 is 45.2 Å². The van der Waals surface area contributed by atoms with Gasteiger partial charge in [0.2, 0.25) is 11.5 Å². The van der Waals surface area contributed by atoms with Gasteiger partial charge in [-0.15, -0.1) is 0 Å². The Kier molecular flexibility index (Phi) is 17.8. The number of aryl methyl sites for hydroxylation is 2. The van der Waals surface area contributed by atoms with Crippen molar-refractivity contribution in [2.24, 2.45) is 27.7 Å². The minimum Gasteiger partial charge on any atom is -0.496 e. The number of aliphatic imine (C=N–C) groups is 2. The average molecular weight is 1350 g/mol. The van der Waals surface area contributed by atoms with Gasteiger partial charge in [-0.2, -0.15) is 0 Å². The molecular weight excluding hydrogens is 1260 g/mol. The van der Waals surface area contributed by atoms with Crippen LogP contribution in [-0.4, -0.2) is 82.2 Å². The molecule has 4 saturated carbocycles. The molecule has 0 radical (unpaired) electrons. The Balaban J connectivity index is 0.744. The number of esters is 3. The number of hydrogen-bond acceptors (Lipinski definition) is 17. The highest BCUT2D eigenvalue weighted by atomic mass is 16.6. The number of nitrogens with one attached hydrogen (secondary N) is 2. The molecule has 0 atom stereocenters. The molecule has 4 aliphatic carbocycles. The number of benzene rings is 7. The van der Waals surface area contributed by atoms with E-state index in [4.69, 9.17) is 37.3 Å². The van der Waals surface area contributed by atoms with Crippen LogP contribution in [0.15, 0.2) is 144 Å². The predicted molar refractivity (Wildman–Crippen MR) is 388 cm³/mol. The van der Waals surface area contributed by atoms with Crippen molar-refractivity contribution in [3.05, 3.63) is 203 Å². The fourth-order valence-corrected chi connectivity index (χ4v) is 16.5. The summed E-state index contributed by atoms with van der Waals surface area (Å²) < 4.78 is 50.1. The molecule has 4 bridgehead atoms. The van der Waals surface area contributed by atoms with Gasteiger partial charge in [-0.1, -0.05) is 90.1 Å². The third-order valence-corrected chi connectivity index (χ3v) is 21.1. The van der Waals surface area contributed by atoms with E-state index in [9.17, 15) is 24.0 Å². The standard InChI is InChI=1S/C83H86N4O13/c1-45-28-61(81(5,6)7)76(47(3)58(45)36-72-84-24-25-85-72)99-79(91)70-38-63(88)74-66(14-12-16-68(74)97-70)94-43-57(96-78(90)56-21-20-52-33-53(18-19-54(52)34-56)55-22-23-65(93-11)60(35-55)83-40-49-30-50(41-83)32-51(31-49)42-83)44-95-67-15-13-17-69-75(67)64(89)39-71(98-69)80(92)100-77-48(4)59(37-73-86-26-27-87-73)46(2)29-62(77)82(8,9)10/h12-23,28-29,33-35,38-39,49-51,57H,24-27,30-32,36-37,40-44H2,1-11H3,(H,84,85)(H,86,87).